The van der Waals surface area contributed by atoms with Crippen molar-refractivity contribution in [2.45, 2.75) is 45.4 Å². The quantitative estimate of drug-likeness (QED) is 0.800. The molecule has 1 fully saturated rings. The van der Waals surface area contributed by atoms with Crippen LogP contribution in [-0.4, -0.2) is 48.7 Å². The van der Waals surface area contributed by atoms with Crippen LogP contribution in [0.2, 0.25) is 0 Å². The Morgan fingerprint density at radius 2 is 1.79 bits per heavy atom. The molecule has 5 heteroatoms. The van der Waals surface area contributed by atoms with Crippen molar-refractivity contribution in [3.05, 3.63) is 29.8 Å². The summed E-state index contributed by atoms with van der Waals surface area (Å²) in [6.07, 6.45) is 2.15. The number of hydrogen-bond donors (Lipinski definition) is 1. The van der Waals surface area contributed by atoms with Gasteiger partial charge in [0.1, 0.15) is 0 Å². The van der Waals surface area contributed by atoms with Gasteiger partial charge in [-0.1, -0.05) is 32.9 Å². The van der Waals surface area contributed by atoms with E-state index in [2.05, 4.69) is 54.8 Å². The van der Waals surface area contributed by atoms with Gasteiger partial charge in [-0.25, -0.2) is 0 Å². The largest absolute Gasteiger partial charge is 1.00 e. The van der Waals surface area contributed by atoms with Crippen LogP contribution in [0.4, 0.5) is 5.69 Å². The zero-order chi connectivity index (χ0) is 16.9. The van der Waals surface area contributed by atoms with Gasteiger partial charge in [-0.3, -0.25) is 4.79 Å². The zero-order valence-corrected chi connectivity index (χ0v) is 15.7. The van der Waals surface area contributed by atoms with Gasteiger partial charge >= 0.3 is 24.8 Å². The van der Waals surface area contributed by atoms with Crippen LogP contribution in [-0.2, 0) is 10.2 Å². The van der Waals surface area contributed by atoms with Crippen molar-refractivity contribution in [3.8, 4) is 0 Å². The molecule has 0 bridgehead atoms. The van der Waals surface area contributed by atoms with Crippen molar-refractivity contribution in [2.24, 2.45) is 0 Å². The van der Waals surface area contributed by atoms with Crippen LogP contribution in [0.25, 0.3) is 0 Å². The van der Waals surface area contributed by atoms with Gasteiger partial charge < -0.3 is 16.3 Å². The molecule has 24 heavy (non-hydrogen) atoms. The molecule has 1 heterocycles. The molecule has 1 aromatic carbocycles. The summed E-state index contributed by atoms with van der Waals surface area (Å²) >= 11 is 0. The van der Waals surface area contributed by atoms with E-state index >= 15 is 0 Å². The van der Waals surface area contributed by atoms with Gasteiger partial charge in [-0.15, -0.1) is 0 Å². The number of rotatable bonds is 5. The van der Waals surface area contributed by atoms with E-state index in [0.29, 0.717) is 0 Å². The average molecular weight is 326 g/mol. The maximum Gasteiger partial charge on any atom is 1.00 e. The summed E-state index contributed by atoms with van der Waals surface area (Å²) in [5.41, 5.74) is 2.86. The molecule has 0 amide bonds. The SMILES string of the molecule is CC(C)(C)c1ccc(N2CCCN(CCCC(=O)O)CC2)cc1.[H-].[Li+]. The third kappa shape index (κ3) is 6.51. The topological polar surface area (TPSA) is 43.8 Å². The first kappa shape index (κ1) is 21.1. The van der Waals surface area contributed by atoms with Crippen molar-refractivity contribution >= 4 is 11.7 Å². The third-order valence-corrected chi connectivity index (χ3v) is 4.55. The average Bonchev–Trinajstić information content (AvgIpc) is 2.72. The number of hydrogen-bond acceptors (Lipinski definition) is 3. The van der Waals surface area contributed by atoms with Gasteiger partial charge in [0.15, 0.2) is 0 Å². The molecule has 0 aromatic heterocycles. The molecular formula is C19H31LiN2O2. The fourth-order valence-corrected chi connectivity index (χ4v) is 3.08. The number of benzene rings is 1. The molecule has 130 valence electrons. The second-order valence-corrected chi connectivity index (χ2v) is 7.48. The Labute approximate surface area is 159 Å². The molecule has 1 aliphatic rings. The van der Waals surface area contributed by atoms with Crippen LogP contribution in [0.1, 0.15) is 47.0 Å². The van der Waals surface area contributed by atoms with E-state index in [9.17, 15) is 4.79 Å². The van der Waals surface area contributed by atoms with Gasteiger partial charge in [0.2, 0.25) is 0 Å². The molecule has 4 nitrogen and oxygen atoms in total. The minimum absolute atomic E-state index is 0. The summed E-state index contributed by atoms with van der Waals surface area (Å²) in [5, 5.41) is 8.74. The van der Waals surface area contributed by atoms with E-state index in [1.54, 1.807) is 0 Å². The summed E-state index contributed by atoms with van der Waals surface area (Å²) in [6, 6.07) is 8.96. The fraction of sp³-hybridized carbons (Fsp3) is 0.632. The van der Waals surface area contributed by atoms with Crippen molar-refractivity contribution in [1.82, 2.24) is 4.90 Å². The predicted octanol–water partition coefficient (Wildman–Crippen LogP) is 0.478. The monoisotopic (exact) mass is 326 g/mol. The molecule has 1 aliphatic heterocycles. The van der Waals surface area contributed by atoms with Gasteiger partial charge in [0, 0.05) is 31.7 Å². The van der Waals surface area contributed by atoms with Gasteiger partial charge in [0.25, 0.3) is 0 Å². The standard InChI is InChI=1S/C19H30N2O2.Li.H/c1-19(2,3)16-7-9-17(10-8-16)21-13-5-12-20(14-15-21)11-4-6-18(22)23;;/h7-10H,4-6,11-15H2,1-3H3,(H,22,23);;/q;+1;-1. The second kappa shape index (κ2) is 9.51. The molecule has 1 saturated heterocycles. The van der Waals surface area contributed by atoms with E-state index in [1.165, 1.54) is 11.3 Å². The van der Waals surface area contributed by atoms with Crippen LogP contribution < -0.4 is 23.8 Å². The minimum atomic E-state index is -0.694. The summed E-state index contributed by atoms with van der Waals surface area (Å²) < 4.78 is 0. The minimum Gasteiger partial charge on any atom is -1.00 e. The summed E-state index contributed by atoms with van der Waals surface area (Å²) in [4.78, 5) is 15.5. The number of aliphatic carboxylic acids is 1. The Balaban J connectivity index is 0.00000288. The molecular weight excluding hydrogens is 295 g/mol. The molecule has 2 rings (SSSR count). The molecule has 0 unspecified atom stereocenters. The van der Waals surface area contributed by atoms with E-state index < -0.39 is 5.97 Å². The first-order valence-corrected chi connectivity index (χ1v) is 8.66. The fourth-order valence-electron chi connectivity index (χ4n) is 3.08. The Bertz CT molecular complexity index is 517. The zero-order valence-electron chi connectivity index (χ0n) is 16.7. The van der Waals surface area contributed by atoms with Crippen molar-refractivity contribution in [1.29, 1.82) is 0 Å². The number of anilines is 1. The number of carbonyl (C=O) groups is 1. The first-order valence-electron chi connectivity index (χ1n) is 8.66. The Morgan fingerprint density at radius 3 is 2.38 bits per heavy atom. The van der Waals surface area contributed by atoms with Crippen molar-refractivity contribution in [2.75, 3.05) is 37.6 Å². The first-order chi connectivity index (χ1) is 10.9. The molecule has 1 aromatic rings. The van der Waals surface area contributed by atoms with Crippen LogP contribution in [0, 0.1) is 0 Å². The summed E-state index contributed by atoms with van der Waals surface area (Å²) in [7, 11) is 0. The van der Waals surface area contributed by atoms with Crippen molar-refractivity contribution in [3.63, 3.8) is 0 Å². The Hall–Kier alpha value is -0.953. The number of carboxylic acids is 1. The maximum absolute atomic E-state index is 10.6. The smallest absolute Gasteiger partial charge is 1.00 e. The molecule has 0 spiro atoms. The molecule has 0 atom stereocenters. The second-order valence-electron chi connectivity index (χ2n) is 7.48. The van der Waals surface area contributed by atoms with Gasteiger partial charge in [-0.2, -0.15) is 0 Å². The van der Waals surface area contributed by atoms with Crippen molar-refractivity contribution < 1.29 is 30.2 Å². The van der Waals surface area contributed by atoms with Crippen LogP contribution in [0.15, 0.2) is 24.3 Å². The van der Waals surface area contributed by atoms with Gasteiger partial charge in [-0.05, 0) is 49.0 Å². The Morgan fingerprint density at radius 1 is 1.12 bits per heavy atom. The normalized spacial score (nSPS) is 16.4. The van der Waals surface area contributed by atoms with Crippen LogP contribution in [0.5, 0.6) is 0 Å². The number of carboxylic acid groups (broad SMARTS) is 1. The van der Waals surface area contributed by atoms with Crippen LogP contribution >= 0.6 is 0 Å². The van der Waals surface area contributed by atoms with E-state index in [0.717, 1.165) is 45.6 Å². The molecule has 0 saturated carbocycles. The molecule has 1 N–H and O–H groups in total. The van der Waals surface area contributed by atoms with Gasteiger partial charge in [0.05, 0.1) is 0 Å². The summed E-state index contributed by atoms with van der Waals surface area (Å²) in [5.74, 6) is -0.694. The molecule has 0 aliphatic carbocycles. The Kier molecular flexibility index (Phi) is 8.36. The van der Waals surface area contributed by atoms with E-state index in [-0.39, 0.29) is 32.1 Å². The predicted molar refractivity (Wildman–Crippen MR) is 96.4 cm³/mol. The van der Waals surface area contributed by atoms with E-state index in [4.69, 9.17) is 5.11 Å². The summed E-state index contributed by atoms with van der Waals surface area (Å²) in [6.45, 7) is 11.8. The van der Waals surface area contributed by atoms with E-state index in [1.807, 2.05) is 0 Å². The van der Waals surface area contributed by atoms with Crippen LogP contribution in [0.3, 0.4) is 0 Å². The third-order valence-electron chi connectivity index (χ3n) is 4.55. The number of nitrogens with zero attached hydrogens (tertiary/aromatic N) is 2. The maximum atomic E-state index is 10.6. The molecule has 0 radical (unpaired) electrons.